The van der Waals surface area contributed by atoms with Gasteiger partial charge in [-0.2, -0.15) is 0 Å². The number of amides is 1. The molecule has 2 aromatic rings. The lowest BCUT2D eigenvalue weighted by molar-refractivity contribution is 0.0668. The average molecular weight is 331 g/mol. The van der Waals surface area contributed by atoms with Crippen LogP contribution in [0.4, 0.5) is 5.69 Å². The SMILES string of the molecule is COc1ccccc1N1CCN(C(=O)c2csc(C)n2)C(C)C1. The van der Waals surface area contributed by atoms with Gasteiger partial charge in [0, 0.05) is 31.1 Å². The zero-order valence-electron chi connectivity index (χ0n) is 13.7. The van der Waals surface area contributed by atoms with Crippen molar-refractivity contribution >= 4 is 22.9 Å². The minimum Gasteiger partial charge on any atom is -0.495 e. The third-order valence-electron chi connectivity index (χ3n) is 4.15. The molecule has 0 spiro atoms. The van der Waals surface area contributed by atoms with E-state index in [2.05, 4.69) is 22.9 Å². The first kappa shape index (κ1) is 15.8. The summed E-state index contributed by atoms with van der Waals surface area (Å²) in [6.45, 7) is 6.27. The molecule has 2 heterocycles. The van der Waals surface area contributed by atoms with E-state index in [9.17, 15) is 4.79 Å². The molecule has 6 heteroatoms. The van der Waals surface area contributed by atoms with Crippen molar-refractivity contribution < 1.29 is 9.53 Å². The maximum Gasteiger partial charge on any atom is 0.273 e. The highest BCUT2D eigenvalue weighted by atomic mass is 32.1. The van der Waals surface area contributed by atoms with Crippen molar-refractivity contribution in [1.82, 2.24) is 9.88 Å². The number of carbonyl (C=O) groups excluding carboxylic acids is 1. The van der Waals surface area contributed by atoms with Gasteiger partial charge >= 0.3 is 0 Å². The lowest BCUT2D eigenvalue weighted by atomic mass is 10.1. The minimum atomic E-state index is 0.0292. The van der Waals surface area contributed by atoms with Gasteiger partial charge in [0.05, 0.1) is 17.8 Å². The predicted molar refractivity (Wildman–Crippen MR) is 92.6 cm³/mol. The van der Waals surface area contributed by atoms with Crippen LogP contribution in [0.5, 0.6) is 5.75 Å². The van der Waals surface area contributed by atoms with Crippen LogP contribution in [0.2, 0.25) is 0 Å². The molecule has 1 aromatic carbocycles. The molecule has 0 saturated carbocycles. The van der Waals surface area contributed by atoms with Crippen LogP contribution in [0, 0.1) is 6.92 Å². The molecule has 0 bridgehead atoms. The third-order valence-corrected chi connectivity index (χ3v) is 4.93. The number of benzene rings is 1. The Morgan fingerprint density at radius 1 is 1.35 bits per heavy atom. The van der Waals surface area contributed by atoms with Gasteiger partial charge in [-0.05, 0) is 26.0 Å². The summed E-state index contributed by atoms with van der Waals surface area (Å²) in [6, 6.07) is 8.14. The summed E-state index contributed by atoms with van der Waals surface area (Å²) in [5, 5.41) is 2.77. The van der Waals surface area contributed by atoms with Crippen LogP contribution in [0.1, 0.15) is 22.4 Å². The summed E-state index contributed by atoms with van der Waals surface area (Å²) in [5.41, 5.74) is 1.64. The number of rotatable bonds is 3. The Morgan fingerprint density at radius 3 is 2.78 bits per heavy atom. The Hall–Kier alpha value is -2.08. The molecule has 1 fully saturated rings. The summed E-state index contributed by atoms with van der Waals surface area (Å²) in [6.07, 6.45) is 0. The van der Waals surface area contributed by atoms with E-state index in [4.69, 9.17) is 4.74 Å². The molecule has 0 aliphatic carbocycles. The van der Waals surface area contributed by atoms with Crippen molar-refractivity contribution in [2.75, 3.05) is 31.6 Å². The molecule has 1 aliphatic heterocycles. The zero-order valence-corrected chi connectivity index (χ0v) is 14.5. The van der Waals surface area contributed by atoms with E-state index >= 15 is 0 Å². The van der Waals surface area contributed by atoms with Crippen LogP contribution < -0.4 is 9.64 Å². The van der Waals surface area contributed by atoms with Crippen molar-refractivity contribution in [1.29, 1.82) is 0 Å². The molecular formula is C17H21N3O2S. The molecule has 1 aromatic heterocycles. The lowest BCUT2D eigenvalue weighted by Crippen LogP contribution is -2.54. The minimum absolute atomic E-state index is 0.0292. The molecule has 1 amide bonds. The fourth-order valence-electron chi connectivity index (χ4n) is 2.98. The van der Waals surface area contributed by atoms with Gasteiger partial charge < -0.3 is 14.5 Å². The third kappa shape index (κ3) is 3.17. The maximum absolute atomic E-state index is 12.6. The largest absolute Gasteiger partial charge is 0.495 e. The number of hydrogen-bond acceptors (Lipinski definition) is 5. The summed E-state index contributed by atoms with van der Waals surface area (Å²) >= 11 is 1.51. The van der Waals surface area contributed by atoms with Gasteiger partial charge in [-0.3, -0.25) is 4.79 Å². The van der Waals surface area contributed by atoms with Crippen LogP contribution in [0.25, 0.3) is 0 Å². The molecule has 1 aliphatic rings. The second kappa shape index (κ2) is 6.58. The molecular weight excluding hydrogens is 310 g/mol. The van der Waals surface area contributed by atoms with E-state index in [0.717, 1.165) is 29.5 Å². The molecule has 122 valence electrons. The van der Waals surface area contributed by atoms with Crippen molar-refractivity contribution in [2.45, 2.75) is 19.9 Å². The van der Waals surface area contributed by atoms with E-state index in [1.54, 1.807) is 7.11 Å². The number of hydrogen-bond donors (Lipinski definition) is 0. The van der Waals surface area contributed by atoms with Gasteiger partial charge in [-0.25, -0.2) is 4.98 Å². The van der Waals surface area contributed by atoms with E-state index in [0.29, 0.717) is 12.2 Å². The Bertz CT molecular complexity index is 701. The normalized spacial score (nSPS) is 18.1. The van der Waals surface area contributed by atoms with Crippen LogP contribution in [0.15, 0.2) is 29.6 Å². The quantitative estimate of drug-likeness (QED) is 0.868. The number of aromatic nitrogens is 1. The first-order valence-corrected chi connectivity index (χ1v) is 8.59. The van der Waals surface area contributed by atoms with E-state index in [-0.39, 0.29) is 11.9 Å². The van der Waals surface area contributed by atoms with Crippen LogP contribution in [-0.2, 0) is 0 Å². The molecule has 5 nitrogen and oxygen atoms in total. The molecule has 1 unspecified atom stereocenters. The monoisotopic (exact) mass is 331 g/mol. The van der Waals surface area contributed by atoms with Crippen molar-refractivity contribution in [3.63, 3.8) is 0 Å². The Kier molecular flexibility index (Phi) is 4.52. The number of thiazole rings is 1. The number of methoxy groups -OCH3 is 1. The topological polar surface area (TPSA) is 45.7 Å². The van der Waals surface area contributed by atoms with Crippen molar-refractivity contribution in [3.05, 3.63) is 40.3 Å². The van der Waals surface area contributed by atoms with Crippen molar-refractivity contribution in [3.8, 4) is 5.75 Å². The fraction of sp³-hybridized carbons (Fsp3) is 0.412. The number of carbonyl (C=O) groups is 1. The number of anilines is 1. The van der Waals surface area contributed by atoms with Gasteiger partial charge in [0.2, 0.25) is 0 Å². The van der Waals surface area contributed by atoms with E-state index in [1.807, 2.05) is 35.4 Å². The number of aryl methyl sites for hydroxylation is 1. The molecule has 0 radical (unpaired) electrons. The van der Waals surface area contributed by atoms with E-state index in [1.165, 1.54) is 11.3 Å². The number of ether oxygens (including phenoxy) is 1. The number of nitrogens with zero attached hydrogens (tertiary/aromatic N) is 3. The second-order valence-corrected chi connectivity index (χ2v) is 6.78. The van der Waals surface area contributed by atoms with Gasteiger partial charge in [0.1, 0.15) is 11.4 Å². The fourth-order valence-corrected chi connectivity index (χ4v) is 3.56. The van der Waals surface area contributed by atoms with Crippen LogP contribution in [-0.4, -0.2) is 48.6 Å². The smallest absolute Gasteiger partial charge is 0.273 e. The summed E-state index contributed by atoms with van der Waals surface area (Å²) in [4.78, 5) is 21.1. The zero-order chi connectivity index (χ0) is 16.4. The van der Waals surface area contributed by atoms with E-state index < -0.39 is 0 Å². The summed E-state index contributed by atoms with van der Waals surface area (Å²) < 4.78 is 5.45. The molecule has 0 N–H and O–H groups in total. The lowest BCUT2D eigenvalue weighted by Gasteiger charge is -2.41. The highest BCUT2D eigenvalue weighted by Crippen LogP contribution is 2.29. The molecule has 23 heavy (non-hydrogen) atoms. The first-order valence-electron chi connectivity index (χ1n) is 7.71. The van der Waals surface area contributed by atoms with Crippen LogP contribution >= 0.6 is 11.3 Å². The standard InChI is InChI=1S/C17H21N3O2S/c1-12-10-19(15-6-4-5-7-16(15)22-3)8-9-20(12)17(21)14-11-23-13(2)18-14/h4-7,11-12H,8-10H2,1-3H3. The molecule has 3 rings (SSSR count). The highest BCUT2D eigenvalue weighted by Gasteiger charge is 2.30. The van der Waals surface area contributed by atoms with Gasteiger partial charge in [-0.15, -0.1) is 11.3 Å². The Morgan fingerprint density at radius 2 is 2.13 bits per heavy atom. The first-order chi connectivity index (χ1) is 11.1. The number of piperazine rings is 1. The van der Waals surface area contributed by atoms with Crippen LogP contribution in [0.3, 0.4) is 0 Å². The summed E-state index contributed by atoms with van der Waals surface area (Å²) in [5.74, 6) is 0.899. The average Bonchev–Trinajstić information content (AvgIpc) is 3.00. The maximum atomic E-state index is 12.6. The molecule has 1 atom stereocenters. The number of para-hydroxylation sites is 2. The van der Waals surface area contributed by atoms with Gasteiger partial charge in [0.25, 0.3) is 5.91 Å². The Labute approximate surface area is 140 Å². The van der Waals surface area contributed by atoms with Gasteiger partial charge in [0.15, 0.2) is 0 Å². The molecule has 1 saturated heterocycles. The van der Waals surface area contributed by atoms with Crippen molar-refractivity contribution in [2.24, 2.45) is 0 Å². The Balaban J connectivity index is 1.73. The summed E-state index contributed by atoms with van der Waals surface area (Å²) in [7, 11) is 1.69. The predicted octanol–water partition coefficient (Wildman–Crippen LogP) is 2.81. The second-order valence-electron chi connectivity index (χ2n) is 5.72. The highest BCUT2D eigenvalue weighted by molar-refractivity contribution is 7.09. The van der Waals surface area contributed by atoms with Gasteiger partial charge in [-0.1, -0.05) is 12.1 Å².